The zero-order valence-corrected chi connectivity index (χ0v) is 37.0. The summed E-state index contributed by atoms with van der Waals surface area (Å²) in [6.45, 7) is 7.49. The van der Waals surface area contributed by atoms with Gasteiger partial charge in [-0.1, -0.05) is 100 Å². The second kappa shape index (κ2) is 20.4. The van der Waals surface area contributed by atoms with E-state index in [1.807, 2.05) is 39.8 Å². The molecule has 16 nitrogen and oxygen atoms in total. The van der Waals surface area contributed by atoms with E-state index < -0.39 is 57.6 Å². The summed E-state index contributed by atoms with van der Waals surface area (Å²) in [5, 5.41) is 66.3. The Balaban J connectivity index is 1.50. The molecule has 2 heterocycles. The van der Waals surface area contributed by atoms with Crippen LogP contribution in [0.15, 0.2) is 94.7 Å². The molecule has 0 radical (unpaired) electrons. The molecule has 0 bridgehead atoms. The Morgan fingerprint density at radius 2 is 1.00 bits per heavy atom. The monoisotopic (exact) mass is 906 g/mol. The minimum Gasteiger partial charge on any atom is -0.481 e. The molecule has 340 valence electrons. The van der Waals surface area contributed by atoms with Crippen LogP contribution in [0.1, 0.15) is 74.6 Å². The predicted octanol–water partition coefficient (Wildman–Crippen LogP) is 7.85. The number of aliphatic hydroxyl groups is 2. The Hall–Kier alpha value is -6.69. The van der Waals surface area contributed by atoms with Gasteiger partial charge in [0.05, 0.1) is 43.0 Å². The number of piperidine rings is 2. The van der Waals surface area contributed by atoms with Crippen molar-refractivity contribution >= 4 is 59.0 Å². The number of carbonyl (C=O) groups is 4. The average Bonchev–Trinajstić information content (AvgIpc) is 3.27. The molecule has 2 fully saturated rings. The van der Waals surface area contributed by atoms with Crippen molar-refractivity contribution in [1.29, 1.82) is 0 Å². The van der Waals surface area contributed by atoms with Crippen molar-refractivity contribution in [2.24, 2.45) is 11.8 Å². The van der Waals surface area contributed by atoms with Crippen LogP contribution < -0.4 is 0 Å². The second-order valence-corrected chi connectivity index (χ2v) is 17.8. The molecule has 4 N–H and O–H groups in total. The summed E-state index contributed by atoms with van der Waals surface area (Å²) < 4.78 is 0. The minimum atomic E-state index is -1.24. The Morgan fingerprint density at radius 3 is 1.34 bits per heavy atom. The van der Waals surface area contributed by atoms with Crippen LogP contribution in [-0.2, 0) is 19.2 Å². The van der Waals surface area contributed by atoms with Gasteiger partial charge in [-0.25, -0.2) is 0 Å². The third-order valence-corrected chi connectivity index (χ3v) is 13.0. The van der Waals surface area contributed by atoms with Crippen molar-refractivity contribution < 1.29 is 49.5 Å². The number of likely N-dealkylation sites (tertiary alicyclic amines) is 2. The van der Waals surface area contributed by atoms with Gasteiger partial charge in [0.2, 0.25) is 11.8 Å². The van der Waals surface area contributed by atoms with Gasteiger partial charge in [-0.2, -0.15) is 0 Å². The van der Waals surface area contributed by atoms with Crippen molar-refractivity contribution in [1.82, 2.24) is 9.80 Å². The van der Waals surface area contributed by atoms with Gasteiger partial charge in [-0.15, -0.1) is 0 Å². The first-order valence-corrected chi connectivity index (χ1v) is 22.0. The molecule has 0 aliphatic carbocycles. The van der Waals surface area contributed by atoms with Gasteiger partial charge in [0, 0.05) is 38.3 Å². The van der Waals surface area contributed by atoms with Gasteiger partial charge in [-0.05, 0) is 82.3 Å². The normalized spacial score (nSPS) is 19.0. The van der Waals surface area contributed by atoms with Crippen LogP contribution in [0.4, 0.5) is 11.4 Å². The average molecular weight is 907 g/mol. The maximum Gasteiger partial charge on any atom is 0.310 e. The summed E-state index contributed by atoms with van der Waals surface area (Å²) in [6, 6.07) is 20.3. The van der Waals surface area contributed by atoms with Crippen LogP contribution in [0.5, 0.6) is 0 Å². The molecular weight excluding hydrogens is 857 g/mol. The van der Waals surface area contributed by atoms with E-state index in [-0.39, 0.29) is 83.1 Å². The highest BCUT2D eigenvalue weighted by molar-refractivity contribution is 7.99. The molecule has 0 aromatic heterocycles. The lowest BCUT2D eigenvalue weighted by Crippen LogP contribution is -2.48. The molecule has 0 spiro atoms. The summed E-state index contributed by atoms with van der Waals surface area (Å²) in [4.78, 5) is 78.8. The molecule has 65 heavy (non-hydrogen) atoms. The maximum atomic E-state index is 13.5. The second-order valence-electron chi connectivity index (χ2n) is 16.7. The van der Waals surface area contributed by atoms with Gasteiger partial charge in [0.25, 0.3) is 11.4 Å². The number of carbonyl (C=O) groups excluding carboxylic acids is 2. The molecule has 4 unspecified atom stereocenters. The van der Waals surface area contributed by atoms with Crippen LogP contribution in [0.3, 0.4) is 0 Å². The van der Waals surface area contributed by atoms with E-state index in [2.05, 4.69) is 0 Å². The highest BCUT2D eigenvalue weighted by atomic mass is 32.2. The van der Waals surface area contributed by atoms with Gasteiger partial charge >= 0.3 is 11.9 Å². The molecule has 2 aliphatic heterocycles. The van der Waals surface area contributed by atoms with E-state index in [1.165, 1.54) is 46.2 Å². The SMILES string of the molecule is CC(C)c1ccccc1-c1c(/C=C/C(=O)N2CCC(O)C(C(=O)O)C2)ccc(Sc2ccc(/C=C/C(=O)N3CCC(O)C(C(=O)O)C3)c(-c3ccccc3C(C)C)c2[N+](=O)[O-])c1[N+](=O)[O-]. The van der Waals surface area contributed by atoms with Gasteiger partial charge < -0.3 is 30.2 Å². The van der Waals surface area contributed by atoms with Gasteiger partial charge in [0.15, 0.2) is 0 Å². The Labute approximate surface area is 379 Å². The van der Waals surface area contributed by atoms with Gasteiger partial charge in [0.1, 0.15) is 11.8 Å². The number of amides is 2. The first-order valence-electron chi connectivity index (χ1n) is 21.1. The summed E-state index contributed by atoms with van der Waals surface area (Å²) in [6.07, 6.45) is 3.18. The zero-order valence-electron chi connectivity index (χ0n) is 36.2. The first-order chi connectivity index (χ1) is 30.9. The summed E-state index contributed by atoms with van der Waals surface area (Å²) in [5.41, 5.74) is 2.68. The lowest BCUT2D eigenvalue weighted by atomic mass is 9.89. The Kier molecular flexibility index (Phi) is 15.0. The quantitative estimate of drug-likeness (QED) is 0.0536. The summed E-state index contributed by atoms with van der Waals surface area (Å²) in [7, 11) is 0. The summed E-state index contributed by atoms with van der Waals surface area (Å²) in [5.74, 6) is -6.13. The molecule has 4 aromatic carbocycles. The number of hydrogen-bond donors (Lipinski definition) is 4. The summed E-state index contributed by atoms with van der Waals surface area (Å²) >= 11 is 0.821. The van der Waals surface area contributed by atoms with Crippen molar-refractivity contribution in [2.45, 2.75) is 74.4 Å². The van der Waals surface area contributed by atoms with Crippen molar-refractivity contribution in [3.8, 4) is 22.3 Å². The highest BCUT2D eigenvalue weighted by Crippen LogP contribution is 2.50. The topological polar surface area (TPSA) is 242 Å². The van der Waals surface area contributed by atoms with E-state index in [0.29, 0.717) is 22.3 Å². The number of carboxylic acids is 2. The van der Waals surface area contributed by atoms with E-state index in [0.717, 1.165) is 22.9 Å². The Bertz CT molecular complexity index is 2420. The van der Waals surface area contributed by atoms with E-state index in [9.17, 15) is 59.8 Å². The van der Waals surface area contributed by atoms with Crippen LogP contribution in [0.25, 0.3) is 34.4 Å². The third kappa shape index (κ3) is 10.5. The van der Waals surface area contributed by atoms with Crippen LogP contribution >= 0.6 is 11.8 Å². The fraction of sp³-hybridized carbons (Fsp3) is 0.333. The van der Waals surface area contributed by atoms with Crippen molar-refractivity contribution in [2.75, 3.05) is 26.2 Å². The number of nitrogens with zero attached hydrogens (tertiary/aromatic N) is 4. The lowest BCUT2D eigenvalue weighted by molar-refractivity contribution is -0.387. The predicted molar refractivity (Wildman–Crippen MR) is 244 cm³/mol. The molecule has 4 aromatic rings. The number of carboxylic acid groups (broad SMARTS) is 2. The maximum absolute atomic E-state index is 13.5. The molecule has 0 saturated carbocycles. The molecular formula is C48H50N4O12S. The van der Waals surface area contributed by atoms with Crippen LogP contribution in [-0.4, -0.2) is 102 Å². The standard InChI is InChI=1S/C48H50N4O12S/c1-27(2)31-9-5-7-11-33(31)43-29(15-19-41(55)49-23-21-37(53)35(25-49)47(57)58)13-17-39(45(43)51(61)62)65-40-18-14-30(16-20-42(56)50-24-22-38(54)36(26-50)48(59)60)44(46(40)52(63)64)34-12-8-6-10-32(34)28(3)4/h5-20,27-28,35-38,53-54H,21-26H2,1-4H3,(H,57,58)(H,59,60)/b19-15+,20-16+. The number of aliphatic carboxylic acids is 2. The van der Waals surface area contributed by atoms with Crippen LogP contribution in [0.2, 0.25) is 0 Å². The molecule has 17 heteroatoms. The van der Waals surface area contributed by atoms with Crippen molar-refractivity contribution in [3.05, 3.63) is 127 Å². The Morgan fingerprint density at radius 1 is 0.631 bits per heavy atom. The van der Waals surface area contributed by atoms with E-state index >= 15 is 0 Å². The fourth-order valence-corrected chi connectivity index (χ4v) is 9.47. The number of hydrogen-bond acceptors (Lipinski definition) is 11. The lowest BCUT2D eigenvalue weighted by Gasteiger charge is -2.33. The first kappa shape index (κ1) is 47.8. The van der Waals surface area contributed by atoms with Crippen LogP contribution in [0, 0.1) is 32.1 Å². The highest BCUT2D eigenvalue weighted by Gasteiger charge is 2.36. The number of rotatable bonds is 14. The minimum absolute atomic E-state index is 0.0614. The zero-order chi connectivity index (χ0) is 47.3. The molecule has 2 amide bonds. The smallest absolute Gasteiger partial charge is 0.310 e. The molecule has 6 rings (SSSR count). The molecule has 4 atom stereocenters. The number of aliphatic hydroxyl groups excluding tert-OH is 2. The number of benzene rings is 4. The largest absolute Gasteiger partial charge is 0.481 e. The van der Waals surface area contributed by atoms with Crippen molar-refractivity contribution in [3.63, 3.8) is 0 Å². The van der Waals surface area contributed by atoms with E-state index in [1.54, 1.807) is 48.5 Å². The molecule has 2 saturated heterocycles. The van der Waals surface area contributed by atoms with Gasteiger partial charge in [-0.3, -0.25) is 39.4 Å². The van der Waals surface area contributed by atoms with E-state index in [4.69, 9.17) is 0 Å². The number of nitro benzene ring substituents is 2. The third-order valence-electron chi connectivity index (χ3n) is 11.9. The fourth-order valence-electron chi connectivity index (χ4n) is 8.42. The number of nitro groups is 2. The molecule has 2 aliphatic rings.